The number of rotatable bonds is 4. The van der Waals surface area contributed by atoms with E-state index in [-0.39, 0.29) is 50.5 Å². The fourth-order valence-corrected chi connectivity index (χ4v) is 2.63. The van der Waals surface area contributed by atoms with Crippen molar-refractivity contribution in [3.8, 4) is 28.7 Å². The van der Waals surface area contributed by atoms with Crippen LogP contribution in [-0.4, -0.2) is 26.4 Å². The molecular weight excluding hydrogens is 360 g/mol. The number of carboxylic acid groups (broad SMARTS) is 1. The van der Waals surface area contributed by atoms with Gasteiger partial charge in [-0.2, -0.15) is 0 Å². The van der Waals surface area contributed by atoms with Crippen LogP contribution in [0.4, 0.5) is 0 Å². The van der Waals surface area contributed by atoms with Gasteiger partial charge in [-0.1, -0.05) is 17.7 Å². The van der Waals surface area contributed by atoms with Gasteiger partial charge in [-0.15, -0.1) is 0 Å². The van der Waals surface area contributed by atoms with Crippen molar-refractivity contribution < 1.29 is 30.0 Å². The van der Waals surface area contributed by atoms with Gasteiger partial charge in [-0.3, -0.25) is 0 Å². The van der Waals surface area contributed by atoms with Gasteiger partial charge in [0, 0.05) is 17.2 Å². The Balaban J connectivity index is 2.78. The van der Waals surface area contributed by atoms with E-state index in [0.29, 0.717) is 11.1 Å². The lowest BCUT2D eigenvalue weighted by Crippen LogP contribution is -2.05. The van der Waals surface area contributed by atoms with E-state index in [1.54, 1.807) is 19.9 Å². The number of aromatic hydroxyl groups is 3. The van der Waals surface area contributed by atoms with Crippen LogP contribution in [0.1, 0.15) is 40.9 Å². The first-order valence-corrected chi connectivity index (χ1v) is 8.09. The molecule has 0 aliphatic heterocycles. The van der Waals surface area contributed by atoms with E-state index in [4.69, 9.17) is 16.3 Å². The number of hydrogen-bond donors (Lipinski definition) is 4. The maximum Gasteiger partial charge on any atom is 0.339 e. The highest BCUT2D eigenvalue weighted by atomic mass is 35.5. The molecule has 0 spiro atoms. The Morgan fingerprint density at radius 2 is 1.73 bits per heavy atom. The third kappa shape index (κ3) is 3.28. The molecule has 2 aromatic rings. The molecule has 26 heavy (non-hydrogen) atoms. The zero-order valence-corrected chi connectivity index (χ0v) is 15.5. The first kappa shape index (κ1) is 19.5. The zero-order chi connectivity index (χ0) is 19.8. The van der Waals surface area contributed by atoms with E-state index in [9.17, 15) is 25.2 Å². The Morgan fingerprint density at radius 1 is 1.12 bits per heavy atom. The van der Waals surface area contributed by atoms with E-state index in [1.807, 2.05) is 0 Å². The molecule has 0 bridgehead atoms. The molecule has 2 rings (SSSR count). The van der Waals surface area contributed by atoms with Crippen molar-refractivity contribution in [2.75, 3.05) is 0 Å². The molecule has 0 aliphatic carbocycles. The third-order valence-corrected chi connectivity index (χ3v) is 4.68. The van der Waals surface area contributed by atoms with E-state index < -0.39 is 5.97 Å². The molecule has 2 aromatic carbocycles. The number of phenols is 3. The molecule has 138 valence electrons. The predicted octanol–water partition coefficient (Wildman–Crippen LogP) is 4.99. The van der Waals surface area contributed by atoms with Gasteiger partial charge in [0.15, 0.2) is 11.5 Å². The SMILES string of the molecule is C/C=C(\C)c1cc(O)c(C)c(O)c1Oc1cc(O)c(Cl)c(C)c1C(=O)O. The van der Waals surface area contributed by atoms with Crippen LogP contribution in [0.3, 0.4) is 0 Å². The molecule has 7 heteroatoms. The van der Waals surface area contributed by atoms with Crippen LogP contribution in [0.5, 0.6) is 28.7 Å². The third-order valence-electron chi connectivity index (χ3n) is 4.21. The van der Waals surface area contributed by atoms with Crippen molar-refractivity contribution in [3.63, 3.8) is 0 Å². The molecule has 0 amide bonds. The van der Waals surface area contributed by atoms with Crippen molar-refractivity contribution in [2.45, 2.75) is 27.7 Å². The standard InChI is InChI=1S/C19H19ClO6/c1-5-8(2)11-6-12(21)9(3)17(23)18(11)26-14-7-13(22)16(20)10(4)15(14)19(24)25/h5-7,21-23H,1-4H3,(H,24,25)/b8-5+. The van der Waals surface area contributed by atoms with Crippen LogP contribution in [0.2, 0.25) is 5.02 Å². The van der Waals surface area contributed by atoms with E-state index >= 15 is 0 Å². The molecule has 0 aromatic heterocycles. The fourth-order valence-electron chi connectivity index (χ4n) is 2.48. The van der Waals surface area contributed by atoms with Gasteiger partial charge in [-0.25, -0.2) is 4.79 Å². The van der Waals surface area contributed by atoms with Gasteiger partial charge in [0.05, 0.1) is 5.02 Å². The summed E-state index contributed by atoms with van der Waals surface area (Å²) in [5, 5.41) is 39.8. The largest absolute Gasteiger partial charge is 0.508 e. The van der Waals surface area contributed by atoms with Gasteiger partial charge in [0.25, 0.3) is 0 Å². The van der Waals surface area contributed by atoms with Gasteiger partial charge >= 0.3 is 5.97 Å². The number of carboxylic acids is 1. The Kier molecular flexibility index (Phi) is 5.37. The zero-order valence-electron chi connectivity index (χ0n) is 14.7. The van der Waals surface area contributed by atoms with Crippen LogP contribution in [0.15, 0.2) is 18.2 Å². The Morgan fingerprint density at radius 3 is 2.27 bits per heavy atom. The summed E-state index contributed by atoms with van der Waals surface area (Å²) < 4.78 is 5.71. The topological polar surface area (TPSA) is 107 Å². The molecule has 0 saturated carbocycles. The average Bonchev–Trinajstić information content (AvgIpc) is 2.58. The molecule has 0 saturated heterocycles. The average molecular weight is 379 g/mol. The van der Waals surface area contributed by atoms with Gasteiger partial charge in [0.2, 0.25) is 0 Å². The lowest BCUT2D eigenvalue weighted by Gasteiger charge is -2.18. The summed E-state index contributed by atoms with van der Waals surface area (Å²) in [5.41, 5.74) is 1.16. The number of halogens is 1. The summed E-state index contributed by atoms with van der Waals surface area (Å²) >= 11 is 5.92. The number of phenolic OH excluding ortho intramolecular Hbond substituents is 3. The molecular formula is C19H19ClO6. The Labute approximate surface area is 155 Å². The van der Waals surface area contributed by atoms with Crippen LogP contribution >= 0.6 is 11.6 Å². The Hall–Kier alpha value is -2.86. The summed E-state index contributed by atoms with van der Waals surface area (Å²) in [6, 6.07) is 2.50. The van der Waals surface area contributed by atoms with E-state index in [0.717, 1.165) is 6.07 Å². The smallest absolute Gasteiger partial charge is 0.339 e. The second-order valence-electron chi connectivity index (χ2n) is 5.83. The van der Waals surface area contributed by atoms with E-state index in [2.05, 4.69) is 0 Å². The normalized spacial score (nSPS) is 11.5. The predicted molar refractivity (Wildman–Crippen MR) is 98.7 cm³/mol. The first-order valence-electron chi connectivity index (χ1n) is 7.72. The summed E-state index contributed by atoms with van der Waals surface area (Å²) in [4.78, 5) is 11.6. The van der Waals surface area contributed by atoms with Gasteiger partial charge in [-0.05, 0) is 44.9 Å². The lowest BCUT2D eigenvalue weighted by atomic mass is 10.0. The number of carbonyl (C=O) groups is 1. The molecule has 0 fully saturated rings. The van der Waals surface area contributed by atoms with Crippen LogP contribution in [0.25, 0.3) is 5.57 Å². The summed E-state index contributed by atoms with van der Waals surface area (Å²) in [7, 11) is 0. The number of aromatic carboxylic acids is 1. The van der Waals surface area contributed by atoms with Crippen LogP contribution in [-0.2, 0) is 0 Å². The maximum atomic E-state index is 11.6. The minimum atomic E-state index is -1.29. The van der Waals surface area contributed by atoms with Gasteiger partial charge < -0.3 is 25.2 Å². The summed E-state index contributed by atoms with van der Waals surface area (Å²) in [6.07, 6.45) is 1.75. The number of allylic oxidation sites excluding steroid dienone is 2. The number of ether oxygens (including phenoxy) is 1. The monoisotopic (exact) mass is 378 g/mol. The summed E-state index contributed by atoms with van der Waals surface area (Å²) in [6.45, 7) is 6.46. The summed E-state index contributed by atoms with van der Waals surface area (Å²) in [5.74, 6) is -2.30. The second-order valence-corrected chi connectivity index (χ2v) is 6.21. The van der Waals surface area contributed by atoms with Crippen molar-refractivity contribution in [3.05, 3.63) is 45.5 Å². The quantitative estimate of drug-likeness (QED) is 0.597. The molecule has 4 N–H and O–H groups in total. The fraction of sp³-hybridized carbons (Fsp3) is 0.211. The molecule has 6 nitrogen and oxygen atoms in total. The minimum Gasteiger partial charge on any atom is -0.508 e. The van der Waals surface area contributed by atoms with Crippen LogP contribution in [0, 0.1) is 13.8 Å². The van der Waals surface area contributed by atoms with E-state index in [1.165, 1.54) is 19.9 Å². The highest BCUT2D eigenvalue weighted by Gasteiger charge is 2.24. The molecule has 0 radical (unpaired) electrons. The van der Waals surface area contributed by atoms with Crippen molar-refractivity contribution in [1.29, 1.82) is 0 Å². The minimum absolute atomic E-state index is 0.0282. The van der Waals surface area contributed by atoms with Gasteiger partial charge in [0.1, 0.15) is 22.8 Å². The first-order chi connectivity index (χ1) is 12.1. The van der Waals surface area contributed by atoms with Crippen molar-refractivity contribution in [1.82, 2.24) is 0 Å². The number of benzene rings is 2. The molecule has 0 heterocycles. The second kappa shape index (κ2) is 7.17. The lowest BCUT2D eigenvalue weighted by molar-refractivity contribution is 0.0693. The highest BCUT2D eigenvalue weighted by molar-refractivity contribution is 6.33. The van der Waals surface area contributed by atoms with Crippen molar-refractivity contribution >= 4 is 23.1 Å². The highest BCUT2D eigenvalue weighted by Crippen LogP contribution is 2.46. The van der Waals surface area contributed by atoms with Crippen molar-refractivity contribution in [2.24, 2.45) is 0 Å². The van der Waals surface area contributed by atoms with Crippen LogP contribution < -0.4 is 4.74 Å². The molecule has 0 unspecified atom stereocenters. The molecule has 0 aliphatic rings. The Bertz CT molecular complexity index is 931. The maximum absolute atomic E-state index is 11.6. The molecule has 0 atom stereocenters. The number of hydrogen-bond acceptors (Lipinski definition) is 5.